The summed E-state index contributed by atoms with van der Waals surface area (Å²) in [6.07, 6.45) is 1.42. The van der Waals surface area contributed by atoms with Crippen LogP contribution in [0.1, 0.15) is 31.6 Å². The minimum absolute atomic E-state index is 0.0776. The van der Waals surface area contributed by atoms with Crippen LogP contribution in [0.15, 0.2) is 5.16 Å². The number of nitrogens with two attached hydrogens (primary N) is 1. The largest absolute Gasteiger partial charge is 0.450 e. The van der Waals surface area contributed by atoms with Crippen LogP contribution < -0.4 is 11.1 Å². The van der Waals surface area contributed by atoms with E-state index in [2.05, 4.69) is 20.3 Å². The first-order chi connectivity index (χ1) is 9.65. The van der Waals surface area contributed by atoms with Crippen LogP contribution >= 0.6 is 11.8 Å². The summed E-state index contributed by atoms with van der Waals surface area (Å²) in [5.74, 6) is 0.378. The van der Waals surface area contributed by atoms with Crippen molar-refractivity contribution in [2.75, 3.05) is 12.4 Å². The molecule has 0 aliphatic heterocycles. The smallest absolute Gasteiger partial charge is 0.413 e. The molecule has 1 aliphatic carbocycles. The van der Waals surface area contributed by atoms with Crippen molar-refractivity contribution in [2.24, 2.45) is 5.73 Å². The quantitative estimate of drug-likeness (QED) is 0.733. The van der Waals surface area contributed by atoms with Gasteiger partial charge in [0.05, 0.1) is 18.9 Å². The van der Waals surface area contributed by atoms with Crippen LogP contribution in [0.3, 0.4) is 0 Å². The average Bonchev–Trinajstić information content (AvgIpc) is 3.16. The Morgan fingerprint density at radius 3 is 2.85 bits per heavy atom. The summed E-state index contributed by atoms with van der Waals surface area (Å²) in [6.45, 7) is 2.21. The van der Waals surface area contributed by atoms with Crippen molar-refractivity contribution in [1.29, 1.82) is 0 Å². The third-order valence-electron chi connectivity index (χ3n) is 2.68. The van der Waals surface area contributed by atoms with Gasteiger partial charge in [0.25, 0.3) is 0 Å². The van der Waals surface area contributed by atoms with E-state index in [1.807, 2.05) is 4.57 Å². The zero-order valence-electron chi connectivity index (χ0n) is 11.2. The number of amides is 2. The fraction of sp³-hybridized carbons (Fsp3) is 0.636. The number of ether oxygens (including phenoxy) is 1. The average molecular weight is 299 g/mol. The minimum Gasteiger partial charge on any atom is -0.450 e. The Morgan fingerprint density at radius 2 is 2.25 bits per heavy atom. The van der Waals surface area contributed by atoms with Crippen molar-refractivity contribution in [3.63, 3.8) is 0 Å². The second-order valence-corrected chi connectivity index (χ2v) is 5.20. The Balaban J connectivity index is 1.89. The van der Waals surface area contributed by atoms with Crippen LogP contribution in [0.2, 0.25) is 0 Å². The van der Waals surface area contributed by atoms with Gasteiger partial charge in [0.2, 0.25) is 5.91 Å². The summed E-state index contributed by atoms with van der Waals surface area (Å²) >= 11 is 1.23. The van der Waals surface area contributed by atoms with Gasteiger partial charge in [-0.3, -0.25) is 10.1 Å². The number of nitrogens with one attached hydrogen (secondary N) is 1. The number of alkyl carbamates (subject to hydrolysis) is 1. The van der Waals surface area contributed by atoms with Crippen molar-refractivity contribution in [1.82, 2.24) is 20.1 Å². The molecule has 1 saturated carbocycles. The van der Waals surface area contributed by atoms with E-state index in [4.69, 9.17) is 5.73 Å². The minimum atomic E-state index is -0.732. The summed E-state index contributed by atoms with van der Waals surface area (Å²) in [5, 5.41) is 10.8. The fourth-order valence-corrected chi connectivity index (χ4v) is 2.52. The van der Waals surface area contributed by atoms with Crippen LogP contribution in [0.5, 0.6) is 0 Å². The standard InChI is InChI=1S/C11H17N5O3S/c1-2-19-11(18)13-9(17)6-20-10-15-14-8(5-12)16(10)7-3-4-7/h7H,2-6,12H2,1H3,(H,13,17,18). The van der Waals surface area contributed by atoms with Gasteiger partial charge >= 0.3 is 6.09 Å². The monoisotopic (exact) mass is 299 g/mol. The molecule has 1 fully saturated rings. The van der Waals surface area contributed by atoms with Crippen LogP contribution in [0, 0.1) is 0 Å². The van der Waals surface area contributed by atoms with Gasteiger partial charge in [0, 0.05) is 6.04 Å². The Hall–Kier alpha value is -1.61. The molecule has 0 radical (unpaired) electrons. The third kappa shape index (κ3) is 3.70. The number of imide groups is 1. The number of thioether (sulfide) groups is 1. The van der Waals surface area contributed by atoms with Crippen LogP contribution in [0.4, 0.5) is 4.79 Å². The van der Waals surface area contributed by atoms with E-state index in [9.17, 15) is 9.59 Å². The van der Waals surface area contributed by atoms with E-state index in [1.165, 1.54) is 11.8 Å². The van der Waals surface area contributed by atoms with Crippen LogP contribution in [-0.2, 0) is 16.1 Å². The molecule has 1 aromatic rings. The van der Waals surface area contributed by atoms with E-state index < -0.39 is 12.0 Å². The van der Waals surface area contributed by atoms with Crippen molar-refractivity contribution >= 4 is 23.8 Å². The molecule has 0 atom stereocenters. The maximum Gasteiger partial charge on any atom is 0.413 e. The predicted molar refractivity (Wildman–Crippen MR) is 72.1 cm³/mol. The first-order valence-corrected chi connectivity index (χ1v) is 7.37. The first-order valence-electron chi connectivity index (χ1n) is 6.39. The molecular weight excluding hydrogens is 282 g/mol. The molecule has 0 saturated heterocycles. The van der Waals surface area contributed by atoms with Crippen LogP contribution in [0.25, 0.3) is 0 Å². The highest BCUT2D eigenvalue weighted by atomic mass is 32.2. The molecule has 0 bridgehead atoms. The molecule has 0 aromatic carbocycles. The van der Waals surface area contributed by atoms with Crippen LogP contribution in [-0.4, -0.2) is 39.1 Å². The molecule has 2 amide bonds. The molecule has 0 spiro atoms. The van der Waals surface area contributed by atoms with Gasteiger partial charge in [-0.1, -0.05) is 11.8 Å². The number of carbonyl (C=O) groups is 2. The SMILES string of the molecule is CCOC(=O)NC(=O)CSc1nnc(CN)n1C1CC1. The topological polar surface area (TPSA) is 112 Å². The lowest BCUT2D eigenvalue weighted by Gasteiger charge is -2.07. The van der Waals surface area contributed by atoms with Gasteiger partial charge in [-0.25, -0.2) is 4.79 Å². The Labute approximate surface area is 120 Å². The molecule has 3 N–H and O–H groups in total. The number of hydrogen-bond donors (Lipinski definition) is 2. The van der Waals surface area contributed by atoms with Gasteiger partial charge in [0.15, 0.2) is 5.16 Å². The maximum atomic E-state index is 11.6. The molecule has 1 aromatic heterocycles. The second-order valence-electron chi connectivity index (χ2n) is 4.26. The summed E-state index contributed by atoms with van der Waals surface area (Å²) in [6, 6.07) is 0.388. The number of rotatable bonds is 6. The van der Waals surface area contributed by atoms with Crippen molar-refractivity contribution in [3.8, 4) is 0 Å². The molecule has 8 nitrogen and oxygen atoms in total. The normalized spacial score (nSPS) is 14.1. The van der Waals surface area contributed by atoms with E-state index in [0.29, 0.717) is 17.7 Å². The highest BCUT2D eigenvalue weighted by molar-refractivity contribution is 7.99. The van der Waals surface area contributed by atoms with E-state index >= 15 is 0 Å². The lowest BCUT2D eigenvalue weighted by Crippen LogP contribution is -2.32. The number of aromatic nitrogens is 3. The summed E-state index contributed by atoms with van der Waals surface area (Å²) in [7, 11) is 0. The Kier molecular flexibility index (Phi) is 4.96. The molecule has 110 valence electrons. The van der Waals surface area contributed by atoms with Gasteiger partial charge in [-0.2, -0.15) is 0 Å². The maximum absolute atomic E-state index is 11.6. The fourth-order valence-electron chi connectivity index (χ4n) is 1.69. The molecule has 9 heteroatoms. The van der Waals surface area contributed by atoms with Crippen molar-refractivity contribution < 1.29 is 14.3 Å². The number of nitrogens with zero attached hydrogens (tertiary/aromatic N) is 3. The lowest BCUT2D eigenvalue weighted by molar-refractivity contribution is -0.117. The van der Waals surface area contributed by atoms with Gasteiger partial charge in [0.1, 0.15) is 5.82 Å². The zero-order valence-corrected chi connectivity index (χ0v) is 12.0. The molecule has 0 unspecified atom stereocenters. The van der Waals surface area contributed by atoms with Crippen molar-refractivity contribution in [3.05, 3.63) is 5.82 Å². The number of carbonyl (C=O) groups excluding carboxylic acids is 2. The number of hydrogen-bond acceptors (Lipinski definition) is 7. The summed E-state index contributed by atoms with van der Waals surface area (Å²) in [4.78, 5) is 22.6. The van der Waals surface area contributed by atoms with Gasteiger partial charge in [-0.15, -0.1) is 10.2 Å². The van der Waals surface area contributed by atoms with Gasteiger partial charge < -0.3 is 15.0 Å². The highest BCUT2D eigenvalue weighted by Gasteiger charge is 2.29. The lowest BCUT2D eigenvalue weighted by atomic mass is 10.5. The molecule has 1 heterocycles. The summed E-state index contributed by atoms with van der Waals surface area (Å²) in [5.41, 5.74) is 5.61. The zero-order chi connectivity index (χ0) is 14.5. The Morgan fingerprint density at radius 1 is 1.50 bits per heavy atom. The van der Waals surface area contributed by atoms with E-state index in [-0.39, 0.29) is 12.4 Å². The van der Waals surface area contributed by atoms with E-state index in [1.54, 1.807) is 6.92 Å². The third-order valence-corrected chi connectivity index (χ3v) is 3.62. The van der Waals surface area contributed by atoms with Crippen molar-refractivity contribution in [2.45, 2.75) is 37.5 Å². The Bertz CT molecular complexity index is 500. The predicted octanol–water partition coefficient (Wildman–Crippen LogP) is 0.436. The second kappa shape index (κ2) is 6.71. The molecule has 2 rings (SSSR count). The first kappa shape index (κ1) is 14.8. The molecule has 1 aliphatic rings. The summed E-state index contributed by atoms with van der Waals surface area (Å²) < 4.78 is 6.60. The molecule has 20 heavy (non-hydrogen) atoms. The highest BCUT2D eigenvalue weighted by Crippen LogP contribution is 2.38. The molecular formula is C11H17N5O3S. The van der Waals surface area contributed by atoms with E-state index in [0.717, 1.165) is 18.7 Å². The van der Waals surface area contributed by atoms with Gasteiger partial charge in [-0.05, 0) is 19.8 Å².